The lowest BCUT2D eigenvalue weighted by Crippen LogP contribution is -1.87. The second-order valence-electron chi connectivity index (χ2n) is 4.59. The molecule has 0 heterocycles. The minimum atomic E-state index is 0.322. The van der Waals surface area contributed by atoms with E-state index in [4.69, 9.17) is 9.47 Å². The molecule has 0 aliphatic heterocycles. The van der Waals surface area contributed by atoms with Gasteiger partial charge in [-0.1, -0.05) is 64.0 Å². The highest BCUT2D eigenvalue weighted by atomic mass is 16.7. The Hall–Kier alpha value is -0.760. The van der Waals surface area contributed by atoms with E-state index in [2.05, 4.69) is 13.0 Å². The average molecular weight is 254 g/mol. The molecular formula is C16H30O2. The highest BCUT2D eigenvalue weighted by Gasteiger charge is 1.89. The van der Waals surface area contributed by atoms with Crippen LogP contribution in [0.1, 0.15) is 64.7 Å². The molecule has 0 aromatic rings. The molecule has 0 bridgehead atoms. The standard InChI is InChI=1S/C16H30O2/c1-3-4-5-6-7-8-9-10-11-12-13-14-15-18-16-17-2/h12-15H,3-11,16H2,1-2H3. The van der Waals surface area contributed by atoms with E-state index in [1.165, 1.54) is 57.8 Å². The van der Waals surface area contributed by atoms with Crippen LogP contribution in [0.25, 0.3) is 0 Å². The van der Waals surface area contributed by atoms with Crippen LogP contribution in [0.5, 0.6) is 0 Å². The zero-order valence-electron chi connectivity index (χ0n) is 12.2. The van der Waals surface area contributed by atoms with Gasteiger partial charge in [0.1, 0.15) is 0 Å². The molecule has 0 spiro atoms. The molecule has 0 aliphatic carbocycles. The number of allylic oxidation sites excluding steroid dienone is 3. The van der Waals surface area contributed by atoms with E-state index in [0.717, 1.165) is 0 Å². The Balaban J connectivity index is 3.10. The van der Waals surface area contributed by atoms with Gasteiger partial charge in [-0.15, -0.1) is 0 Å². The summed E-state index contributed by atoms with van der Waals surface area (Å²) < 4.78 is 9.77. The van der Waals surface area contributed by atoms with Crippen molar-refractivity contribution < 1.29 is 9.47 Å². The van der Waals surface area contributed by atoms with Crippen molar-refractivity contribution in [1.82, 2.24) is 0 Å². The maximum absolute atomic E-state index is 5.02. The van der Waals surface area contributed by atoms with Crippen molar-refractivity contribution in [2.45, 2.75) is 64.7 Å². The molecule has 0 aromatic heterocycles. The second kappa shape index (κ2) is 16.2. The van der Waals surface area contributed by atoms with Crippen LogP contribution >= 0.6 is 0 Å². The minimum absolute atomic E-state index is 0.322. The van der Waals surface area contributed by atoms with Gasteiger partial charge < -0.3 is 9.47 Å². The molecule has 0 aromatic carbocycles. The molecule has 0 amide bonds. The van der Waals surface area contributed by atoms with Crippen LogP contribution in [0.4, 0.5) is 0 Å². The molecule has 18 heavy (non-hydrogen) atoms. The van der Waals surface area contributed by atoms with Crippen LogP contribution in [0.15, 0.2) is 24.5 Å². The van der Waals surface area contributed by atoms with E-state index in [1.54, 1.807) is 13.4 Å². The van der Waals surface area contributed by atoms with Crippen molar-refractivity contribution in [1.29, 1.82) is 0 Å². The zero-order valence-corrected chi connectivity index (χ0v) is 12.2. The van der Waals surface area contributed by atoms with Gasteiger partial charge in [-0.2, -0.15) is 0 Å². The molecule has 0 aliphatic rings. The SMILES string of the molecule is CCCCCCCCCCC=CC=COCOC. The van der Waals surface area contributed by atoms with Crippen LogP contribution in [0.2, 0.25) is 0 Å². The first kappa shape index (κ1) is 17.2. The van der Waals surface area contributed by atoms with Crippen molar-refractivity contribution in [2.24, 2.45) is 0 Å². The second-order valence-corrected chi connectivity index (χ2v) is 4.59. The first-order valence-electron chi connectivity index (χ1n) is 7.34. The van der Waals surface area contributed by atoms with Gasteiger partial charge in [-0.25, -0.2) is 0 Å². The van der Waals surface area contributed by atoms with E-state index in [1.807, 2.05) is 12.2 Å². The van der Waals surface area contributed by atoms with Crippen molar-refractivity contribution >= 4 is 0 Å². The molecule has 2 heteroatoms. The topological polar surface area (TPSA) is 18.5 Å². The monoisotopic (exact) mass is 254 g/mol. The normalized spacial score (nSPS) is 11.7. The highest BCUT2D eigenvalue weighted by molar-refractivity contribution is 4.99. The van der Waals surface area contributed by atoms with E-state index >= 15 is 0 Å². The largest absolute Gasteiger partial charge is 0.475 e. The summed E-state index contributed by atoms with van der Waals surface area (Å²) in [5.74, 6) is 0. The number of hydrogen-bond donors (Lipinski definition) is 0. The minimum Gasteiger partial charge on any atom is -0.475 e. The summed E-state index contributed by atoms with van der Waals surface area (Å²) in [6.45, 7) is 2.59. The van der Waals surface area contributed by atoms with E-state index in [-0.39, 0.29) is 0 Å². The van der Waals surface area contributed by atoms with Crippen molar-refractivity contribution in [3.05, 3.63) is 24.5 Å². The van der Waals surface area contributed by atoms with Crippen molar-refractivity contribution in [2.75, 3.05) is 13.9 Å². The first-order valence-corrected chi connectivity index (χ1v) is 7.34. The van der Waals surface area contributed by atoms with Gasteiger partial charge in [0.25, 0.3) is 0 Å². The van der Waals surface area contributed by atoms with Gasteiger partial charge in [0.05, 0.1) is 6.26 Å². The highest BCUT2D eigenvalue weighted by Crippen LogP contribution is 2.09. The molecular weight excluding hydrogens is 224 g/mol. The average Bonchev–Trinajstić information content (AvgIpc) is 2.39. The summed E-state index contributed by atoms with van der Waals surface area (Å²) in [6, 6.07) is 0. The predicted octanol–water partition coefficient (Wildman–Crippen LogP) is 5.21. The number of rotatable bonds is 13. The van der Waals surface area contributed by atoms with Crippen LogP contribution < -0.4 is 0 Å². The van der Waals surface area contributed by atoms with Crippen LogP contribution in [-0.2, 0) is 9.47 Å². The summed E-state index contributed by atoms with van der Waals surface area (Å²) in [7, 11) is 1.62. The number of ether oxygens (including phenoxy) is 2. The summed E-state index contributed by atoms with van der Waals surface area (Å²) >= 11 is 0. The Kier molecular flexibility index (Phi) is 15.6. The molecule has 2 nitrogen and oxygen atoms in total. The third-order valence-corrected chi connectivity index (χ3v) is 2.83. The maximum Gasteiger partial charge on any atom is 0.187 e. The Morgan fingerprint density at radius 1 is 0.833 bits per heavy atom. The Bertz CT molecular complexity index is 197. The quantitative estimate of drug-likeness (QED) is 0.194. The van der Waals surface area contributed by atoms with Gasteiger partial charge in [0, 0.05) is 7.11 Å². The van der Waals surface area contributed by atoms with Gasteiger partial charge in [0.15, 0.2) is 6.79 Å². The third-order valence-electron chi connectivity index (χ3n) is 2.83. The fourth-order valence-corrected chi connectivity index (χ4v) is 1.78. The predicted molar refractivity (Wildman–Crippen MR) is 78.5 cm³/mol. The van der Waals surface area contributed by atoms with Gasteiger partial charge in [0.2, 0.25) is 0 Å². The lowest BCUT2D eigenvalue weighted by Gasteiger charge is -1.99. The van der Waals surface area contributed by atoms with E-state index < -0.39 is 0 Å². The van der Waals surface area contributed by atoms with Crippen LogP contribution in [-0.4, -0.2) is 13.9 Å². The van der Waals surface area contributed by atoms with E-state index in [0.29, 0.717) is 6.79 Å². The summed E-state index contributed by atoms with van der Waals surface area (Å²) in [6.07, 6.45) is 20.0. The van der Waals surface area contributed by atoms with Gasteiger partial charge in [-0.3, -0.25) is 0 Å². The lowest BCUT2D eigenvalue weighted by molar-refractivity contribution is 0.0199. The number of unbranched alkanes of at least 4 members (excludes halogenated alkanes) is 8. The molecule has 0 unspecified atom stereocenters. The van der Waals surface area contributed by atoms with Crippen molar-refractivity contribution in [3.8, 4) is 0 Å². The molecule has 0 fully saturated rings. The van der Waals surface area contributed by atoms with Gasteiger partial charge in [-0.05, 0) is 18.9 Å². The molecule has 0 saturated heterocycles. The van der Waals surface area contributed by atoms with Crippen LogP contribution in [0.3, 0.4) is 0 Å². The lowest BCUT2D eigenvalue weighted by atomic mass is 10.1. The molecule has 0 N–H and O–H groups in total. The third kappa shape index (κ3) is 15.2. The summed E-state index contributed by atoms with van der Waals surface area (Å²) in [5, 5.41) is 0. The smallest absolute Gasteiger partial charge is 0.187 e. The summed E-state index contributed by atoms with van der Waals surface area (Å²) in [5.41, 5.74) is 0. The Labute approximate surface area is 113 Å². The summed E-state index contributed by atoms with van der Waals surface area (Å²) in [4.78, 5) is 0. The van der Waals surface area contributed by atoms with Crippen molar-refractivity contribution in [3.63, 3.8) is 0 Å². The van der Waals surface area contributed by atoms with Gasteiger partial charge >= 0.3 is 0 Å². The first-order chi connectivity index (χ1) is 8.91. The molecule has 0 atom stereocenters. The van der Waals surface area contributed by atoms with Crippen LogP contribution in [0, 0.1) is 0 Å². The molecule has 0 saturated carbocycles. The zero-order chi connectivity index (χ0) is 13.3. The molecule has 0 radical (unpaired) electrons. The maximum atomic E-state index is 5.02. The molecule has 0 rings (SSSR count). The number of hydrogen-bond acceptors (Lipinski definition) is 2. The van der Waals surface area contributed by atoms with E-state index in [9.17, 15) is 0 Å². The Morgan fingerprint density at radius 3 is 2.17 bits per heavy atom. The fourth-order valence-electron chi connectivity index (χ4n) is 1.78. The molecule has 106 valence electrons. The Morgan fingerprint density at radius 2 is 1.50 bits per heavy atom. The number of methoxy groups -OCH3 is 1. The fraction of sp³-hybridized carbons (Fsp3) is 0.750.